The normalized spacial score (nSPS) is 11.5. The number of carbonyl (C=O) groups is 2. The highest BCUT2D eigenvalue weighted by Crippen LogP contribution is 2.47. The summed E-state index contributed by atoms with van der Waals surface area (Å²) in [5.41, 5.74) is -1.01. The van der Waals surface area contributed by atoms with Crippen molar-refractivity contribution in [3.05, 3.63) is 77.9 Å². The van der Waals surface area contributed by atoms with Gasteiger partial charge in [0.25, 0.3) is 10.1 Å². The number of anilines is 4. The number of fused-ring (bicyclic) bond motifs is 1. The first-order chi connectivity index (χ1) is 22.3. The lowest BCUT2D eigenvalue weighted by atomic mass is 10.1. The zero-order valence-electron chi connectivity index (χ0n) is 23.1. The van der Waals surface area contributed by atoms with E-state index >= 15 is 0 Å². The van der Waals surface area contributed by atoms with Crippen LogP contribution in [-0.2, 0) is 14.5 Å². The van der Waals surface area contributed by atoms with Crippen molar-refractivity contribution >= 4 is 79.5 Å². The standard InChI is InChI=1S/C27H19N7O11S2/c35-22-20-12(10-19(46-45-41)21(22)34-33-17-8-4-2-6-15(17)24(38)39)9-13(47(42,43)44)11-18(20)29-26-30-25(31-27(40)32-26)28-16-7-3-1-5-14(16)23(36)37/h1-11,35,41H,(H,36,37)(H,38,39)(H,42,43,44)(H3,28,29,30,31,32,40). The van der Waals surface area contributed by atoms with Crippen LogP contribution in [0.4, 0.5) is 34.6 Å². The first-order valence-electron chi connectivity index (χ1n) is 12.7. The SMILES string of the molecule is O=C(O)c1ccccc1N=Nc1c(SOO)cc2cc(S(=O)(=O)O)cc(Nc3nc(O)nc(Nc4ccccc4C(=O)O)n3)c2c1O. The molecule has 0 saturated carbocycles. The predicted molar refractivity (Wildman–Crippen MR) is 164 cm³/mol. The molecule has 0 amide bonds. The maximum Gasteiger partial charge on any atom is 0.337 e. The monoisotopic (exact) mass is 681 g/mol. The Morgan fingerprint density at radius 1 is 0.809 bits per heavy atom. The third-order valence-electron chi connectivity index (χ3n) is 6.21. The van der Waals surface area contributed by atoms with E-state index in [-0.39, 0.29) is 67.5 Å². The van der Waals surface area contributed by atoms with E-state index in [4.69, 9.17) is 5.26 Å². The molecule has 0 bridgehead atoms. The van der Waals surface area contributed by atoms with Crippen molar-refractivity contribution in [3.63, 3.8) is 0 Å². The number of hydrogen-bond donors (Lipinski definition) is 8. The number of carboxylic acid groups (broad SMARTS) is 2. The maximum absolute atomic E-state index is 12.2. The summed E-state index contributed by atoms with van der Waals surface area (Å²) in [6.45, 7) is 0. The van der Waals surface area contributed by atoms with E-state index in [1.807, 2.05) is 0 Å². The van der Waals surface area contributed by atoms with E-state index in [1.165, 1.54) is 54.6 Å². The molecule has 0 aliphatic rings. The number of para-hydroxylation sites is 1. The molecule has 5 aromatic rings. The van der Waals surface area contributed by atoms with Crippen molar-refractivity contribution in [2.24, 2.45) is 10.2 Å². The smallest absolute Gasteiger partial charge is 0.337 e. The third-order valence-corrected chi connectivity index (χ3v) is 7.61. The van der Waals surface area contributed by atoms with Gasteiger partial charge in [0.1, 0.15) is 11.4 Å². The molecule has 4 aromatic carbocycles. The van der Waals surface area contributed by atoms with Gasteiger partial charge in [0.15, 0.2) is 5.75 Å². The van der Waals surface area contributed by atoms with Crippen LogP contribution in [0.1, 0.15) is 20.7 Å². The Bertz CT molecular complexity index is 2200. The van der Waals surface area contributed by atoms with Gasteiger partial charge in [0, 0.05) is 5.39 Å². The molecule has 0 fully saturated rings. The van der Waals surface area contributed by atoms with Gasteiger partial charge in [0.05, 0.1) is 44.3 Å². The number of nitrogens with one attached hydrogen (secondary N) is 2. The van der Waals surface area contributed by atoms with Crippen LogP contribution in [0.15, 0.2) is 86.7 Å². The van der Waals surface area contributed by atoms with Crippen LogP contribution >= 0.6 is 12.0 Å². The Balaban J connectivity index is 1.67. The largest absolute Gasteiger partial charge is 0.505 e. The van der Waals surface area contributed by atoms with Gasteiger partial charge in [-0.15, -0.1) is 10.2 Å². The number of phenols is 1. The lowest BCUT2D eigenvalue weighted by molar-refractivity contribution is -0.116. The Kier molecular flexibility index (Phi) is 9.12. The number of azo groups is 1. The van der Waals surface area contributed by atoms with E-state index in [0.717, 1.165) is 12.1 Å². The number of nitrogens with zero attached hydrogens (tertiary/aromatic N) is 5. The minimum Gasteiger partial charge on any atom is -0.505 e. The molecule has 0 atom stereocenters. The van der Waals surface area contributed by atoms with E-state index in [2.05, 4.69) is 40.1 Å². The van der Waals surface area contributed by atoms with Crippen molar-refractivity contribution < 1.29 is 52.6 Å². The van der Waals surface area contributed by atoms with E-state index in [9.17, 15) is 43.0 Å². The van der Waals surface area contributed by atoms with E-state index in [1.54, 1.807) is 0 Å². The van der Waals surface area contributed by atoms with Crippen molar-refractivity contribution in [2.45, 2.75) is 9.79 Å². The molecule has 0 saturated heterocycles. The average molecular weight is 682 g/mol. The van der Waals surface area contributed by atoms with Gasteiger partial charge in [-0.05, 0) is 47.9 Å². The third kappa shape index (κ3) is 7.16. The van der Waals surface area contributed by atoms with Crippen LogP contribution in [0.5, 0.6) is 11.8 Å². The lowest BCUT2D eigenvalue weighted by Crippen LogP contribution is -2.07. The zero-order chi connectivity index (χ0) is 33.9. The number of hydrogen-bond acceptors (Lipinski definition) is 16. The van der Waals surface area contributed by atoms with Crippen LogP contribution < -0.4 is 10.6 Å². The summed E-state index contributed by atoms with van der Waals surface area (Å²) in [5.74, 6) is -4.02. The second-order valence-electron chi connectivity index (χ2n) is 9.18. The molecular formula is C27H19N7O11S2. The van der Waals surface area contributed by atoms with Crippen molar-refractivity contribution in [1.82, 2.24) is 15.0 Å². The maximum atomic E-state index is 12.2. The van der Waals surface area contributed by atoms with Gasteiger partial charge in [0.2, 0.25) is 11.9 Å². The minimum absolute atomic E-state index is 0.0587. The first-order valence-corrected chi connectivity index (χ1v) is 14.9. The lowest BCUT2D eigenvalue weighted by Gasteiger charge is -2.15. The Morgan fingerprint density at radius 3 is 2.06 bits per heavy atom. The van der Waals surface area contributed by atoms with Gasteiger partial charge < -0.3 is 31.1 Å². The minimum atomic E-state index is -4.86. The van der Waals surface area contributed by atoms with Crippen LogP contribution in [-0.4, -0.2) is 65.5 Å². The Labute approximate surface area is 267 Å². The number of aromatic hydroxyl groups is 2. The summed E-state index contributed by atoms with van der Waals surface area (Å²) in [6.07, 6.45) is 0. The quantitative estimate of drug-likeness (QED) is 0.0281. The van der Waals surface area contributed by atoms with Gasteiger partial charge in [-0.3, -0.25) is 4.55 Å². The molecule has 5 rings (SSSR count). The average Bonchev–Trinajstić information content (AvgIpc) is 3.00. The summed E-state index contributed by atoms with van der Waals surface area (Å²) < 4.78 is 38.3. The Morgan fingerprint density at radius 2 is 1.43 bits per heavy atom. The molecule has 0 radical (unpaired) electrons. The van der Waals surface area contributed by atoms with Gasteiger partial charge in [-0.1, -0.05) is 24.3 Å². The molecule has 0 unspecified atom stereocenters. The van der Waals surface area contributed by atoms with Crippen LogP contribution in [0.2, 0.25) is 0 Å². The molecule has 18 nitrogen and oxygen atoms in total. The predicted octanol–water partition coefficient (Wildman–Crippen LogP) is 5.48. The summed E-state index contributed by atoms with van der Waals surface area (Å²) in [6, 6.07) is 13.6. The fourth-order valence-electron chi connectivity index (χ4n) is 4.25. The summed E-state index contributed by atoms with van der Waals surface area (Å²) >= 11 is 0.285. The van der Waals surface area contributed by atoms with Crippen LogP contribution in [0, 0.1) is 0 Å². The number of benzene rings is 4. The van der Waals surface area contributed by atoms with E-state index in [0.29, 0.717) is 0 Å². The van der Waals surface area contributed by atoms with Gasteiger partial charge >= 0.3 is 17.9 Å². The molecule has 0 aliphatic carbocycles. The van der Waals surface area contributed by atoms with Crippen LogP contribution in [0.25, 0.3) is 10.8 Å². The second-order valence-corrected chi connectivity index (χ2v) is 11.4. The molecule has 0 aliphatic heterocycles. The van der Waals surface area contributed by atoms with Crippen molar-refractivity contribution in [2.75, 3.05) is 10.6 Å². The molecule has 1 heterocycles. The summed E-state index contributed by atoms with van der Waals surface area (Å²) in [4.78, 5) is 34.0. The zero-order valence-corrected chi connectivity index (χ0v) is 24.8. The number of phenolic OH excluding ortho intramolecular Hbond substituents is 1. The molecule has 8 N–H and O–H groups in total. The summed E-state index contributed by atoms with van der Waals surface area (Å²) in [7, 11) is -4.86. The van der Waals surface area contributed by atoms with Crippen LogP contribution in [0.3, 0.4) is 0 Å². The van der Waals surface area contributed by atoms with Gasteiger partial charge in [-0.25, -0.2) is 14.8 Å². The first kappa shape index (κ1) is 32.5. The Hall–Kier alpha value is -5.93. The number of rotatable bonds is 11. The van der Waals surface area contributed by atoms with Crippen molar-refractivity contribution in [1.29, 1.82) is 0 Å². The number of aromatic carboxylic acids is 2. The molecule has 1 aromatic heterocycles. The highest BCUT2D eigenvalue weighted by Gasteiger charge is 2.23. The molecule has 0 spiro atoms. The molecule has 20 heteroatoms. The molecule has 47 heavy (non-hydrogen) atoms. The molecular weight excluding hydrogens is 662 g/mol. The number of aromatic nitrogens is 3. The van der Waals surface area contributed by atoms with E-state index < -0.39 is 44.7 Å². The highest BCUT2D eigenvalue weighted by molar-refractivity contribution is 7.94. The van der Waals surface area contributed by atoms with Crippen molar-refractivity contribution in [3.8, 4) is 11.8 Å². The topological polar surface area (TPSA) is 286 Å². The number of carboxylic acids is 2. The molecule has 240 valence electrons. The fraction of sp³-hybridized carbons (Fsp3) is 0. The highest BCUT2D eigenvalue weighted by atomic mass is 32.2. The fourth-order valence-corrected chi connectivity index (χ4v) is 5.26. The summed E-state index contributed by atoms with van der Waals surface area (Å²) in [5, 5.41) is 62.7. The second kappa shape index (κ2) is 13.2. The van der Waals surface area contributed by atoms with Gasteiger partial charge in [-0.2, -0.15) is 27.7 Å².